The van der Waals surface area contributed by atoms with Crippen LogP contribution in [-0.4, -0.2) is 31.8 Å². The number of halogens is 1. The minimum atomic E-state index is -0.304. The first-order valence-electron chi connectivity index (χ1n) is 8.71. The fourth-order valence-electron chi connectivity index (χ4n) is 2.36. The minimum Gasteiger partial charge on any atom is -0.496 e. The molecule has 28 heavy (non-hydrogen) atoms. The van der Waals surface area contributed by atoms with Crippen LogP contribution in [0.3, 0.4) is 0 Å². The first-order valence-corrected chi connectivity index (χ1v) is 9.91. The molecule has 150 valence electrons. The summed E-state index contributed by atoms with van der Waals surface area (Å²) in [5.41, 5.74) is 1.42. The summed E-state index contributed by atoms with van der Waals surface area (Å²) in [6.07, 6.45) is 0.922. The molecular formula is C20H23BrN2O4S. The third-order valence-electron chi connectivity index (χ3n) is 3.78. The van der Waals surface area contributed by atoms with Gasteiger partial charge in [-0.3, -0.25) is 10.1 Å². The van der Waals surface area contributed by atoms with E-state index in [0.29, 0.717) is 40.4 Å². The fourth-order valence-corrected chi connectivity index (χ4v) is 3.07. The molecule has 0 saturated carbocycles. The fraction of sp³-hybridized carbons (Fsp3) is 0.300. The van der Waals surface area contributed by atoms with E-state index in [1.165, 1.54) is 0 Å². The van der Waals surface area contributed by atoms with Crippen LogP contribution < -0.4 is 24.8 Å². The van der Waals surface area contributed by atoms with Gasteiger partial charge < -0.3 is 19.5 Å². The number of amides is 1. The predicted molar refractivity (Wildman–Crippen MR) is 116 cm³/mol. The molecule has 1 amide bonds. The summed E-state index contributed by atoms with van der Waals surface area (Å²) in [4.78, 5) is 12.3. The van der Waals surface area contributed by atoms with Gasteiger partial charge >= 0.3 is 0 Å². The molecule has 0 fully saturated rings. The van der Waals surface area contributed by atoms with Gasteiger partial charge in [0, 0.05) is 12.1 Å². The number of carbonyl (C=O) groups excluding carboxylic acids is 1. The second-order valence-corrected chi connectivity index (χ2v) is 7.08. The third kappa shape index (κ3) is 6.10. The summed E-state index contributed by atoms with van der Waals surface area (Å²) in [5.74, 6) is 1.71. The van der Waals surface area contributed by atoms with E-state index in [2.05, 4.69) is 26.6 Å². The molecule has 0 atom stereocenters. The Labute approximate surface area is 178 Å². The van der Waals surface area contributed by atoms with Gasteiger partial charge in [0.15, 0.2) is 16.6 Å². The van der Waals surface area contributed by atoms with Crippen molar-refractivity contribution in [2.45, 2.75) is 19.9 Å². The SMILES string of the molecule is CCCOc1ccc(CNC(=S)NC(=O)c2ccc(OC)c(Br)c2)cc1OC. The molecule has 0 aromatic heterocycles. The van der Waals surface area contributed by atoms with Crippen molar-refractivity contribution in [3.63, 3.8) is 0 Å². The van der Waals surface area contributed by atoms with E-state index in [1.807, 2.05) is 25.1 Å². The van der Waals surface area contributed by atoms with Gasteiger partial charge in [0.05, 0.1) is 25.3 Å². The number of nitrogens with one attached hydrogen (secondary N) is 2. The minimum absolute atomic E-state index is 0.238. The molecule has 0 aliphatic heterocycles. The van der Waals surface area contributed by atoms with E-state index in [-0.39, 0.29) is 11.0 Å². The Morgan fingerprint density at radius 2 is 1.79 bits per heavy atom. The standard InChI is InChI=1S/C20H23BrN2O4S/c1-4-9-27-17-7-5-13(10-18(17)26-3)12-22-20(28)23-19(24)14-6-8-16(25-2)15(21)11-14/h5-8,10-11H,4,9,12H2,1-3H3,(H2,22,23,24,28). The van der Waals surface area contributed by atoms with Gasteiger partial charge in [0.2, 0.25) is 0 Å². The quantitative estimate of drug-likeness (QED) is 0.571. The monoisotopic (exact) mass is 466 g/mol. The van der Waals surface area contributed by atoms with Crippen LogP contribution in [0.25, 0.3) is 0 Å². The molecule has 0 aliphatic carbocycles. The molecule has 0 aliphatic rings. The van der Waals surface area contributed by atoms with Crippen LogP contribution in [0.5, 0.6) is 17.2 Å². The second-order valence-electron chi connectivity index (χ2n) is 5.82. The van der Waals surface area contributed by atoms with Crippen LogP contribution in [0.15, 0.2) is 40.9 Å². The third-order valence-corrected chi connectivity index (χ3v) is 4.65. The number of ether oxygens (including phenoxy) is 3. The molecule has 2 aromatic carbocycles. The molecule has 0 spiro atoms. The lowest BCUT2D eigenvalue weighted by Gasteiger charge is -2.13. The highest BCUT2D eigenvalue weighted by Crippen LogP contribution is 2.28. The zero-order chi connectivity index (χ0) is 20.5. The Balaban J connectivity index is 1.93. The molecule has 2 aromatic rings. The van der Waals surface area contributed by atoms with Crippen molar-refractivity contribution in [1.29, 1.82) is 0 Å². The van der Waals surface area contributed by atoms with E-state index in [4.69, 9.17) is 26.4 Å². The average molecular weight is 467 g/mol. The molecule has 0 saturated heterocycles. The Bertz CT molecular complexity index is 845. The van der Waals surface area contributed by atoms with Gasteiger partial charge in [-0.2, -0.15) is 0 Å². The molecule has 0 unspecified atom stereocenters. The van der Waals surface area contributed by atoms with Crippen molar-refractivity contribution in [3.05, 3.63) is 52.0 Å². The lowest BCUT2D eigenvalue weighted by molar-refractivity contribution is 0.0976. The number of rotatable bonds is 8. The maximum absolute atomic E-state index is 12.3. The molecular weight excluding hydrogens is 444 g/mol. The first-order chi connectivity index (χ1) is 13.5. The van der Waals surface area contributed by atoms with Crippen molar-refractivity contribution >= 4 is 39.2 Å². The number of thiocarbonyl (C=S) groups is 1. The highest BCUT2D eigenvalue weighted by Gasteiger charge is 2.11. The van der Waals surface area contributed by atoms with Crippen LogP contribution >= 0.6 is 28.1 Å². The second kappa shape index (κ2) is 10.9. The van der Waals surface area contributed by atoms with E-state index in [0.717, 1.165) is 12.0 Å². The van der Waals surface area contributed by atoms with Crippen LogP contribution in [0.1, 0.15) is 29.3 Å². The maximum Gasteiger partial charge on any atom is 0.257 e. The number of benzene rings is 2. The van der Waals surface area contributed by atoms with Gasteiger partial charge in [-0.25, -0.2) is 0 Å². The Kier molecular flexibility index (Phi) is 8.53. The summed E-state index contributed by atoms with van der Waals surface area (Å²) in [5, 5.41) is 5.92. The van der Waals surface area contributed by atoms with Crippen molar-refractivity contribution in [2.24, 2.45) is 0 Å². The Morgan fingerprint density at radius 3 is 2.43 bits per heavy atom. The lowest BCUT2D eigenvalue weighted by Crippen LogP contribution is -2.38. The topological polar surface area (TPSA) is 68.8 Å². The van der Waals surface area contributed by atoms with Gasteiger partial charge in [-0.1, -0.05) is 13.0 Å². The van der Waals surface area contributed by atoms with E-state index < -0.39 is 0 Å². The summed E-state index contributed by atoms with van der Waals surface area (Å²) >= 11 is 8.58. The normalized spacial score (nSPS) is 10.1. The number of hydrogen-bond donors (Lipinski definition) is 2. The summed E-state index contributed by atoms with van der Waals surface area (Å²) < 4.78 is 16.9. The summed E-state index contributed by atoms with van der Waals surface area (Å²) in [6, 6.07) is 10.7. The molecule has 2 N–H and O–H groups in total. The largest absolute Gasteiger partial charge is 0.496 e. The highest BCUT2D eigenvalue weighted by atomic mass is 79.9. The van der Waals surface area contributed by atoms with Gasteiger partial charge in [0.1, 0.15) is 5.75 Å². The van der Waals surface area contributed by atoms with Crippen molar-refractivity contribution < 1.29 is 19.0 Å². The number of methoxy groups -OCH3 is 2. The van der Waals surface area contributed by atoms with Gasteiger partial charge in [0.25, 0.3) is 5.91 Å². The van der Waals surface area contributed by atoms with Crippen LogP contribution in [0.4, 0.5) is 0 Å². The van der Waals surface area contributed by atoms with Crippen molar-refractivity contribution in [2.75, 3.05) is 20.8 Å². The van der Waals surface area contributed by atoms with E-state index >= 15 is 0 Å². The molecule has 2 rings (SSSR count). The van der Waals surface area contributed by atoms with Crippen molar-refractivity contribution in [3.8, 4) is 17.2 Å². The zero-order valence-electron chi connectivity index (χ0n) is 16.0. The average Bonchev–Trinajstić information content (AvgIpc) is 2.70. The van der Waals surface area contributed by atoms with Gasteiger partial charge in [-0.15, -0.1) is 0 Å². The molecule has 0 heterocycles. The van der Waals surface area contributed by atoms with Gasteiger partial charge in [-0.05, 0) is 70.5 Å². The highest BCUT2D eigenvalue weighted by molar-refractivity contribution is 9.10. The van der Waals surface area contributed by atoms with E-state index in [1.54, 1.807) is 32.4 Å². The van der Waals surface area contributed by atoms with Crippen LogP contribution in [-0.2, 0) is 6.54 Å². The summed E-state index contributed by atoms with van der Waals surface area (Å²) in [7, 11) is 3.17. The van der Waals surface area contributed by atoms with Crippen LogP contribution in [0.2, 0.25) is 0 Å². The zero-order valence-corrected chi connectivity index (χ0v) is 18.4. The Hall–Kier alpha value is -2.32. The molecule has 0 radical (unpaired) electrons. The molecule has 8 heteroatoms. The summed E-state index contributed by atoms with van der Waals surface area (Å²) in [6.45, 7) is 3.12. The van der Waals surface area contributed by atoms with Crippen molar-refractivity contribution in [1.82, 2.24) is 10.6 Å². The molecule has 6 nitrogen and oxygen atoms in total. The number of carbonyl (C=O) groups is 1. The van der Waals surface area contributed by atoms with E-state index in [9.17, 15) is 4.79 Å². The first kappa shape index (κ1) is 22.0. The number of hydrogen-bond acceptors (Lipinski definition) is 5. The predicted octanol–water partition coefficient (Wildman–Crippen LogP) is 4.06. The molecule has 0 bridgehead atoms. The Morgan fingerprint density at radius 1 is 1.07 bits per heavy atom. The smallest absolute Gasteiger partial charge is 0.257 e. The lowest BCUT2D eigenvalue weighted by atomic mass is 10.2. The maximum atomic E-state index is 12.3. The van der Waals surface area contributed by atoms with Crippen LogP contribution in [0, 0.1) is 0 Å².